The molecule has 3 nitrogen and oxygen atoms in total. The van der Waals surface area contributed by atoms with Gasteiger partial charge in [-0.25, -0.2) is 4.39 Å². The summed E-state index contributed by atoms with van der Waals surface area (Å²) in [6, 6.07) is 13.7. The number of hydrogen-bond donors (Lipinski definition) is 0. The number of ether oxygens (including phenoxy) is 1. The summed E-state index contributed by atoms with van der Waals surface area (Å²) >= 11 is 0. The molecule has 0 unspecified atom stereocenters. The highest BCUT2D eigenvalue weighted by molar-refractivity contribution is 5.63. The minimum atomic E-state index is -4.79. The van der Waals surface area contributed by atoms with Gasteiger partial charge in [0.1, 0.15) is 11.6 Å². The minimum Gasteiger partial charge on any atom is -0.406 e. The van der Waals surface area contributed by atoms with Crippen molar-refractivity contribution in [1.29, 1.82) is 0 Å². The topological polar surface area (TPSA) is 31.2 Å². The molecule has 0 atom stereocenters. The molecule has 3 rings (SSSR count). The van der Waals surface area contributed by atoms with Crippen LogP contribution in [0.5, 0.6) is 5.75 Å². The van der Waals surface area contributed by atoms with Crippen molar-refractivity contribution in [3.05, 3.63) is 83.0 Å². The Morgan fingerprint density at radius 1 is 0.880 bits per heavy atom. The van der Waals surface area contributed by atoms with Gasteiger partial charge in [0.2, 0.25) is 0 Å². The van der Waals surface area contributed by atoms with Crippen molar-refractivity contribution in [3.63, 3.8) is 0 Å². The van der Waals surface area contributed by atoms with Gasteiger partial charge < -0.3 is 4.74 Å². The molecule has 2 aromatic carbocycles. The van der Waals surface area contributed by atoms with Crippen LogP contribution in [-0.2, 0) is 0 Å². The van der Waals surface area contributed by atoms with Gasteiger partial charge in [0.05, 0.1) is 0 Å². The molecule has 1 heterocycles. The average molecular weight is 349 g/mol. The lowest BCUT2D eigenvalue weighted by atomic mass is 10.1. The molecule has 0 saturated carbocycles. The monoisotopic (exact) mass is 349 g/mol. The standard InChI is InChI=1S/C18H11F4NO2/c19-16-4-2-1-3-15(16)12-5-10-17(24)23(11-12)13-6-8-14(9-7-13)25-18(20,21)22/h1-11H. The maximum absolute atomic E-state index is 13.9. The van der Waals surface area contributed by atoms with Gasteiger partial charge in [-0.2, -0.15) is 0 Å². The first kappa shape index (κ1) is 16.8. The molecule has 0 radical (unpaired) electrons. The quantitative estimate of drug-likeness (QED) is 0.650. The van der Waals surface area contributed by atoms with E-state index in [9.17, 15) is 22.4 Å². The predicted octanol–water partition coefficient (Wildman–Crippen LogP) is 4.54. The predicted molar refractivity (Wildman–Crippen MR) is 84.1 cm³/mol. The summed E-state index contributed by atoms with van der Waals surface area (Å²) in [5, 5.41) is 0. The van der Waals surface area contributed by atoms with Gasteiger partial charge in [0, 0.05) is 29.1 Å². The van der Waals surface area contributed by atoms with E-state index in [2.05, 4.69) is 4.74 Å². The fraction of sp³-hybridized carbons (Fsp3) is 0.0556. The normalized spacial score (nSPS) is 11.4. The Balaban J connectivity index is 1.99. The van der Waals surface area contributed by atoms with E-state index in [0.717, 1.165) is 12.1 Å². The molecule has 0 aliphatic carbocycles. The van der Waals surface area contributed by atoms with Crippen molar-refractivity contribution in [1.82, 2.24) is 4.57 Å². The number of pyridine rings is 1. The Morgan fingerprint density at radius 2 is 1.56 bits per heavy atom. The van der Waals surface area contributed by atoms with Crippen LogP contribution >= 0.6 is 0 Å². The second-order valence-electron chi connectivity index (χ2n) is 5.15. The average Bonchev–Trinajstić information content (AvgIpc) is 2.55. The van der Waals surface area contributed by atoms with Crippen molar-refractivity contribution >= 4 is 0 Å². The summed E-state index contributed by atoms with van der Waals surface area (Å²) in [7, 11) is 0. The highest BCUT2D eigenvalue weighted by Crippen LogP contribution is 2.25. The molecule has 25 heavy (non-hydrogen) atoms. The van der Waals surface area contributed by atoms with Gasteiger partial charge in [-0.15, -0.1) is 13.2 Å². The van der Waals surface area contributed by atoms with Crippen molar-refractivity contribution in [2.75, 3.05) is 0 Å². The Morgan fingerprint density at radius 3 is 2.20 bits per heavy atom. The van der Waals surface area contributed by atoms with E-state index in [0.29, 0.717) is 16.8 Å². The van der Waals surface area contributed by atoms with E-state index in [4.69, 9.17) is 0 Å². The zero-order valence-corrected chi connectivity index (χ0v) is 12.6. The molecule has 0 aliphatic rings. The van der Waals surface area contributed by atoms with Crippen LogP contribution in [0.15, 0.2) is 71.7 Å². The lowest BCUT2D eigenvalue weighted by Gasteiger charge is -2.11. The zero-order chi connectivity index (χ0) is 18.0. The third-order valence-corrected chi connectivity index (χ3v) is 3.44. The van der Waals surface area contributed by atoms with E-state index < -0.39 is 23.5 Å². The number of aromatic nitrogens is 1. The second kappa shape index (κ2) is 6.43. The Labute approximate surface area is 139 Å². The smallest absolute Gasteiger partial charge is 0.406 e. The Bertz CT molecular complexity index is 946. The number of benzene rings is 2. The van der Waals surface area contributed by atoms with Gasteiger partial charge in [-0.05, 0) is 36.4 Å². The number of hydrogen-bond acceptors (Lipinski definition) is 2. The van der Waals surface area contributed by atoms with E-state index in [-0.39, 0.29) is 0 Å². The van der Waals surface area contributed by atoms with E-state index in [1.807, 2.05) is 0 Å². The van der Waals surface area contributed by atoms with E-state index >= 15 is 0 Å². The summed E-state index contributed by atoms with van der Waals surface area (Å²) in [4.78, 5) is 12.1. The van der Waals surface area contributed by atoms with Crippen molar-refractivity contribution in [2.45, 2.75) is 6.36 Å². The summed E-state index contributed by atoms with van der Waals surface area (Å²) in [6.45, 7) is 0. The van der Waals surface area contributed by atoms with Crippen LogP contribution < -0.4 is 10.3 Å². The molecule has 1 aromatic heterocycles. The largest absolute Gasteiger partial charge is 0.573 e. The molecule has 0 saturated heterocycles. The Kier molecular flexibility index (Phi) is 4.31. The van der Waals surface area contributed by atoms with Crippen LogP contribution in [0.25, 0.3) is 16.8 Å². The summed E-state index contributed by atoms with van der Waals surface area (Å²) in [6.07, 6.45) is -3.36. The maximum atomic E-state index is 13.9. The Hall–Kier alpha value is -3.09. The first-order chi connectivity index (χ1) is 11.8. The molecule has 0 spiro atoms. The molecule has 0 N–H and O–H groups in total. The van der Waals surface area contributed by atoms with E-state index in [1.165, 1.54) is 41.1 Å². The molecular formula is C18H11F4NO2. The number of rotatable bonds is 3. The van der Waals surface area contributed by atoms with Crippen molar-refractivity contribution < 1.29 is 22.3 Å². The zero-order valence-electron chi connectivity index (χ0n) is 12.6. The molecule has 0 aliphatic heterocycles. The fourth-order valence-corrected chi connectivity index (χ4v) is 2.35. The molecule has 3 aromatic rings. The van der Waals surface area contributed by atoms with Crippen LogP contribution in [0.3, 0.4) is 0 Å². The van der Waals surface area contributed by atoms with Gasteiger partial charge in [0.15, 0.2) is 0 Å². The third kappa shape index (κ3) is 3.88. The van der Waals surface area contributed by atoms with Crippen LogP contribution in [-0.4, -0.2) is 10.9 Å². The van der Waals surface area contributed by atoms with Crippen molar-refractivity contribution in [2.24, 2.45) is 0 Å². The molecular weight excluding hydrogens is 338 g/mol. The second-order valence-corrected chi connectivity index (χ2v) is 5.15. The number of alkyl halides is 3. The molecule has 0 amide bonds. The molecule has 128 valence electrons. The third-order valence-electron chi connectivity index (χ3n) is 3.44. The van der Waals surface area contributed by atoms with Gasteiger partial charge in [-0.1, -0.05) is 18.2 Å². The first-order valence-corrected chi connectivity index (χ1v) is 7.17. The highest BCUT2D eigenvalue weighted by atomic mass is 19.4. The molecule has 7 heteroatoms. The van der Waals surface area contributed by atoms with Crippen LogP contribution in [0.2, 0.25) is 0 Å². The number of halogens is 4. The van der Waals surface area contributed by atoms with Gasteiger partial charge in [-0.3, -0.25) is 9.36 Å². The lowest BCUT2D eigenvalue weighted by molar-refractivity contribution is -0.274. The molecule has 0 bridgehead atoms. The van der Waals surface area contributed by atoms with Gasteiger partial charge in [0.25, 0.3) is 5.56 Å². The number of nitrogens with zero attached hydrogens (tertiary/aromatic N) is 1. The molecule has 0 fully saturated rings. The van der Waals surface area contributed by atoms with Crippen molar-refractivity contribution in [3.8, 4) is 22.6 Å². The maximum Gasteiger partial charge on any atom is 0.573 e. The van der Waals surface area contributed by atoms with Crippen LogP contribution in [0.1, 0.15) is 0 Å². The summed E-state index contributed by atoms with van der Waals surface area (Å²) in [5.41, 5.74) is 0.712. The highest BCUT2D eigenvalue weighted by Gasteiger charge is 2.30. The van der Waals surface area contributed by atoms with Gasteiger partial charge >= 0.3 is 6.36 Å². The fourth-order valence-electron chi connectivity index (χ4n) is 2.35. The summed E-state index contributed by atoms with van der Waals surface area (Å²) in [5.74, 6) is -0.837. The van der Waals surface area contributed by atoms with Crippen LogP contribution in [0, 0.1) is 5.82 Å². The lowest BCUT2D eigenvalue weighted by Crippen LogP contribution is -2.18. The van der Waals surface area contributed by atoms with E-state index in [1.54, 1.807) is 18.2 Å². The SMILES string of the molecule is O=c1ccc(-c2ccccc2F)cn1-c1ccc(OC(F)(F)F)cc1. The first-order valence-electron chi connectivity index (χ1n) is 7.17. The van der Waals surface area contributed by atoms with Crippen LogP contribution in [0.4, 0.5) is 17.6 Å². The summed E-state index contributed by atoms with van der Waals surface area (Å²) < 4.78 is 55.5. The minimum absolute atomic E-state index is 0.313.